The molecule has 0 bridgehead atoms. The van der Waals surface area contributed by atoms with Crippen LogP contribution in [-0.2, 0) is 11.2 Å². The molecule has 2 N–H and O–H groups in total. The van der Waals surface area contributed by atoms with Gasteiger partial charge in [-0.05, 0) is 44.0 Å². The standard InChI is InChI=1S/C13H19N3O/c17-13(12-4-7-14-8-5-12)16-9-3-11-2-1-6-15-10-11/h1-2,6,10,12,14H,3-5,7-9H2,(H,16,17). The van der Waals surface area contributed by atoms with Crippen LogP contribution in [0, 0.1) is 5.92 Å². The summed E-state index contributed by atoms with van der Waals surface area (Å²) in [6.45, 7) is 2.62. The Morgan fingerprint density at radius 3 is 3.00 bits per heavy atom. The monoisotopic (exact) mass is 233 g/mol. The number of piperidine rings is 1. The van der Waals surface area contributed by atoms with Crippen LogP contribution < -0.4 is 10.6 Å². The predicted octanol–water partition coefficient (Wildman–Crippen LogP) is 0.740. The van der Waals surface area contributed by atoms with Crippen LogP contribution in [0.3, 0.4) is 0 Å². The van der Waals surface area contributed by atoms with Crippen molar-refractivity contribution in [1.82, 2.24) is 15.6 Å². The molecule has 92 valence electrons. The molecule has 1 aliphatic rings. The van der Waals surface area contributed by atoms with Crippen LogP contribution in [0.2, 0.25) is 0 Å². The molecule has 1 fully saturated rings. The topological polar surface area (TPSA) is 54.0 Å². The first-order valence-corrected chi connectivity index (χ1v) is 6.23. The van der Waals surface area contributed by atoms with Gasteiger partial charge in [-0.3, -0.25) is 9.78 Å². The maximum atomic E-state index is 11.8. The molecular weight excluding hydrogens is 214 g/mol. The molecule has 1 saturated heterocycles. The highest BCUT2D eigenvalue weighted by atomic mass is 16.1. The van der Waals surface area contributed by atoms with Crippen molar-refractivity contribution in [2.24, 2.45) is 5.92 Å². The highest BCUT2D eigenvalue weighted by Crippen LogP contribution is 2.11. The zero-order valence-corrected chi connectivity index (χ0v) is 9.98. The number of carbonyl (C=O) groups is 1. The Bertz CT molecular complexity index is 347. The summed E-state index contributed by atoms with van der Waals surface area (Å²) >= 11 is 0. The minimum atomic E-state index is 0.199. The van der Waals surface area contributed by atoms with E-state index < -0.39 is 0 Å². The van der Waals surface area contributed by atoms with Crippen LogP contribution in [0.5, 0.6) is 0 Å². The lowest BCUT2D eigenvalue weighted by atomic mass is 9.97. The Labute approximate surface area is 102 Å². The van der Waals surface area contributed by atoms with E-state index in [1.807, 2.05) is 18.3 Å². The highest BCUT2D eigenvalue weighted by Gasteiger charge is 2.19. The van der Waals surface area contributed by atoms with Crippen LogP contribution in [0.25, 0.3) is 0 Å². The number of rotatable bonds is 4. The molecule has 1 amide bonds. The third kappa shape index (κ3) is 3.82. The average Bonchev–Trinajstić information content (AvgIpc) is 2.41. The average molecular weight is 233 g/mol. The van der Waals surface area contributed by atoms with Crippen LogP contribution in [0.15, 0.2) is 24.5 Å². The van der Waals surface area contributed by atoms with Gasteiger partial charge in [0.15, 0.2) is 0 Å². The molecule has 0 saturated carbocycles. The lowest BCUT2D eigenvalue weighted by Gasteiger charge is -2.21. The Morgan fingerprint density at radius 2 is 2.29 bits per heavy atom. The lowest BCUT2D eigenvalue weighted by Crippen LogP contribution is -2.38. The molecule has 0 aromatic carbocycles. The van der Waals surface area contributed by atoms with Crippen molar-refractivity contribution in [3.05, 3.63) is 30.1 Å². The fourth-order valence-corrected chi connectivity index (χ4v) is 2.10. The Morgan fingerprint density at radius 1 is 1.47 bits per heavy atom. The van der Waals surface area contributed by atoms with E-state index in [1.165, 1.54) is 0 Å². The number of nitrogens with zero attached hydrogens (tertiary/aromatic N) is 1. The van der Waals surface area contributed by atoms with E-state index in [2.05, 4.69) is 15.6 Å². The highest BCUT2D eigenvalue weighted by molar-refractivity contribution is 5.78. The van der Waals surface area contributed by atoms with E-state index >= 15 is 0 Å². The van der Waals surface area contributed by atoms with Crippen molar-refractivity contribution in [3.8, 4) is 0 Å². The second-order valence-electron chi connectivity index (χ2n) is 4.43. The van der Waals surface area contributed by atoms with Crippen LogP contribution in [0.1, 0.15) is 18.4 Å². The molecule has 0 atom stereocenters. The first kappa shape index (κ1) is 12.0. The first-order valence-electron chi connectivity index (χ1n) is 6.23. The van der Waals surface area contributed by atoms with E-state index in [-0.39, 0.29) is 11.8 Å². The number of aromatic nitrogens is 1. The maximum Gasteiger partial charge on any atom is 0.223 e. The largest absolute Gasteiger partial charge is 0.356 e. The predicted molar refractivity (Wildman–Crippen MR) is 66.5 cm³/mol. The van der Waals surface area contributed by atoms with Gasteiger partial charge in [-0.2, -0.15) is 0 Å². The van der Waals surface area contributed by atoms with Crippen LogP contribution >= 0.6 is 0 Å². The Balaban J connectivity index is 1.69. The van der Waals surface area contributed by atoms with Crippen LogP contribution in [0.4, 0.5) is 0 Å². The Hall–Kier alpha value is -1.42. The summed E-state index contributed by atoms with van der Waals surface area (Å²) in [5.74, 6) is 0.403. The number of pyridine rings is 1. The number of amides is 1. The SMILES string of the molecule is O=C(NCCc1cccnc1)C1CCNCC1. The van der Waals surface area contributed by atoms with Gasteiger partial charge in [0, 0.05) is 24.9 Å². The number of carbonyl (C=O) groups excluding carboxylic acids is 1. The summed E-state index contributed by atoms with van der Waals surface area (Å²) in [5, 5.41) is 6.27. The second-order valence-corrected chi connectivity index (χ2v) is 4.43. The molecule has 1 aromatic rings. The number of hydrogen-bond acceptors (Lipinski definition) is 3. The molecule has 0 radical (unpaired) electrons. The van der Waals surface area contributed by atoms with Gasteiger partial charge in [0.05, 0.1) is 0 Å². The summed E-state index contributed by atoms with van der Waals surface area (Å²) in [4.78, 5) is 15.9. The molecule has 0 spiro atoms. The summed E-state index contributed by atoms with van der Waals surface area (Å²) < 4.78 is 0. The molecule has 1 aliphatic heterocycles. The van der Waals surface area contributed by atoms with E-state index in [0.29, 0.717) is 6.54 Å². The third-order valence-electron chi connectivity index (χ3n) is 3.15. The van der Waals surface area contributed by atoms with E-state index in [4.69, 9.17) is 0 Å². The van der Waals surface area contributed by atoms with Gasteiger partial charge in [0.25, 0.3) is 0 Å². The zero-order chi connectivity index (χ0) is 11.9. The second kappa shape index (κ2) is 6.35. The van der Waals surface area contributed by atoms with Gasteiger partial charge in [0.1, 0.15) is 0 Å². The Kier molecular flexibility index (Phi) is 4.50. The molecule has 0 aliphatic carbocycles. The van der Waals surface area contributed by atoms with E-state index in [0.717, 1.165) is 37.9 Å². The third-order valence-corrected chi connectivity index (χ3v) is 3.15. The van der Waals surface area contributed by atoms with Gasteiger partial charge < -0.3 is 10.6 Å². The molecular formula is C13H19N3O. The van der Waals surface area contributed by atoms with Gasteiger partial charge >= 0.3 is 0 Å². The molecule has 4 heteroatoms. The van der Waals surface area contributed by atoms with Gasteiger partial charge in [-0.1, -0.05) is 6.07 Å². The number of hydrogen-bond donors (Lipinski definition) is 2. The summed E-state index contributed by atoms with van der Waals surface area (Å²) in [6, 6.07) is 3.95. The number of nitrogens with one attached hydrogen (secondary N) is 2. The fourth-order valence-electron chi connectivity index (χ4n) is 2.10. The van der Waals surface area contributed by atoms with Gasteiger partial charge in [-0.15, -0.1) is 0 Å². The molecule has 2 rings (SSSR count). The van der Waals surface area contributed by atoms with Crippen molar-refractivity contribution in [1.29, 1.82) is 0 Å². The molecule has 17 heavy (non-hydrogen) atoms. The van der Waals surface area contributed by atoms with Gasteiger partial charge in [0.2, 0.25) is 5.91 Å². The smallest absolute Gasteiger partial charge is 0.223 e. The normalized spacial score (nSPS) is 16.7. The maximum absolute atomic E-state index is 11.8. The minimum Gasteiger partial charge on any atom is -0.356 e. The lowest BCUT2D eigenvalue weighted by molar-refractivity contribution is -0.125. The van der Waals surface area contributed by atoms with Crippen molar-refractivity contribution >= 4 is 5.91 Å². The molecule has 2 heterocycles. The fraction of sp³-hybridized carbons (Fsp3) is 0.538. The first-order chi connectivity index (χ1) is 8.36. The van der Waals surface area contributed by atoms with Crippen molar-refractivity contribution < 1.29 is 4.79 Å². The zero-order valence-electron chi connectivity index (χ0n) is 9.98. The molecule has 1 aromatic heterocycles. The van der Waals surface area contributed by atoms with E-state index in [9.17, 15) is 4.79 Å². The van der Waals surface area contributed by atoms with Crippen LogP contribution in [-0.4, -0.2) is 30.5 Å². The van der Waals surface area contributed by atoms with Gasteiger partial charge in [-0.25, -0.2) is 0 Å². The van der Waals surface area contributed by atoms with Crippen molar-refractivity contribution in [3.63, 3.8) is 0 Å². The van der Waals surface area contributed by atoms with E-state index in [1.54, 1.807) is 6.20 Å². The minimum absolute atomic E-state index is 0.199. The molecule has 4 nitrogen and oxygen atoms in total. The summed E-state index contributed by atoms with van der Waals surface area (Å²) in [5.41, 5.74) is 1.16. The molecule has 0 unspecified atom stereocenters. The quantitative estimate of drug-likeness (QED) is 0.806. The van der Waals surface area contributed by atoms with Crippen molar-refractivity contribution in [2.75, 3.05) is 19.6 Å². The van der Waals surface area contributed by atoms with Crippen molar-refractivity contribution in [2.45, 2.75) is 19.3 Å². The summed E-state index contributed by atoms with van der Waals surface area (Å²) in [6.07, 6.45) is 6.37. The summed E-state index contributed by atoms with van der Waals surface area (Å²) in [7, 11) is 0.